The van der Waals surface area contributed by atoms with E-state index in [1.165, 1.54) is 57.5 Å². The summed E-state index contributed by atoms with van der Waals surface area (Å²) in [5.41, 5.74) is 1.38. The fourth-order valence-electron chi connectivity index (χ4n) is 4.34. The number of benzene rings is 1. The summed E-state index contributed by atoms with van der Waals surface area (Å²) >= 11 is 0. The number of piperazine rings is 1. The number of nitrogens with zero attached hydrogens (tertiary/aromatic N) is 2. The second-order valence-corrected chi connectivity index (χ2v) is 6.55. The highest BCUT2D eigenvalue weighted by molar-refractivity contribution is 5.46. The van der Waals surface area contributed by atoms with E-state index >= 15 is 0 Å². The Morgan fingerprint density at radius 2 is 1.60 bits per heavy atom. The van der Waals surface area contributed by atoms with Gasteiger partial charge >= 0.3 is 0 Å². The van der Waals surface area contributed by atoms with Gasteiger partial charge in [0.2, 0.25) is 0 Å². The van der Waals surface area contributed by atoms with Crippen LogP contribution in [-0.2, 0) is 0 Å². The summed E-state index contributed by atoms with van der Waals surface area (Å²) in [6.45, 7) is 4.80. The Hall–Kier alpha value is -1.06. The molecule has 3 heterocycles. The van der Waals surface area contributed by atoms with Crippen molar-refractivity contribution in [3.05, 3.63) is 30.3 Å². The fraction of sp³-hybridized carbons (Fsp3) is 0.647. The molecule has 1 aromatic rings. The van der Waals surface area contributed by atoms with Gasteiger partial charge in [-0.2, -0.15) is 0 Å². The maximum Gasteiger partial charge on any atom is 0.0367 e. The quantitative estimate of drug-likeness (QED) is 0.888. The molecular weight excluding hydrogens is 246 g/mol. The predicted octanol–water partition coefficient (Wildman–Crippen LogP) is 2.09. The van der Waals surface area contributed by atoms with E-state index in [-0.39, 0.29) is 0 Å². The van der Waals surface area contributed by atoms with Gasteiger partial charge in [0.25, 0.3) is 0 Å². The van der Waals surface area contributed by atoms with Crippen molar-refractivity contribution >= 4 is 5.69 Å². The lowest BCUT2D eigenvalue weighted by Gasteiger charge is -2.44. The molecule has 0 amide bonds. The van der Waals surface area contributed by atoms with E-state index in [2.05, 4.69) is 45.4 Å². The van der Waals surface area contributed by atoms with Crippen molar-refractivity contribution in [2.75, 3.05) is 31.1 Å². The van der Waals surface area contributed by atoms with Crippen molar-refractivity contribution in [2.45, 2.75) is 43.8 Å². The van der Waals surface area contributed by atoms with E-state index < -0.39 is 0 Å². The standard InChI is InChI=1S/C17H25N3/c1-2-4-15(5-3-1)19-10-12-20(13-11-19)17-9-7-14-6-8-16(17)18-14/h1-5,14,16-18H,6-13H2. The normalized spacial score (nSPS) is 34.4. The molecule has 3 saturated heterocycles. The molecule has 3 unspecified atom stereocenters. The summed E-state index contributed by atoms with van der Waals surface area (Å²) in [4.78, 5) is 5.28. The molecule has 108 valence electrons. The van der Waals surface area contributed by atoms with E-state index in [9.17, 15) is 0 Å². The Labute approximate surface area is 121 Å². The molecule has 3 aliphatic heterocycles. The molecule has 3 atom stereocenters. The monoisotopic (exact) mass is 271 g/mol. The molecule has 0 aliphatic carbocycles. The summed E-state index contributed by atoms with van der Waals surface area (Å²) < 4.78 is 0. The summed E-state index contributed by atoms with van der Waals surface area (Å²) in [6.07, 6.45) is 5.60. The van der Waals surface area contributed by atoms with Crippen LogP contribution in [0.4, 0.5) is 5.69 Å². The van der Waals surface area contributed by atoms with Crippen LogP contribution in [0.2, 0.25) is 0 Å². The van der Waals surface area contributed by atoms with E-state index in [0.717, 1.165) is 18.1 Å². The van der Waals surface area contributed by atoms with Crippen molar-refractivity contribution in [3.8, 4) is 0 Å². The third-order valence-electron chi connectivity index (χ3n) is 5.46. The second-order valence-electron chi connectivity index (χ2n) is 6.55. The highest BCUT2D eigenvalue weighted by Gasteiger charge is 2.38. The molecule has 2 bridgehead atoms. The first kappa shape index (κ1) is 12.7. The maximum absolute atomic E-state index is 3.83. The first-order valence-corrected chi connectivity index (χ1v) is 8.20. The van der Waals surface area contributed by atoms with Gasteiger partial charge in [-0.05, 0) is 37.8 Å². The molecular formula is C17H25N3. The van der Waals surface area contributed by atoms with E-state index in [0.29, 0.717) is 0 Å². The zero-order valence-corrected chi connectivity index (χ0v) is 12.2. The molecule has 3 fully saturated rings. The first-order chi connectivity index (χ1) is 9.90. The zero-order valence-electron chi connectivity index (χ0n) is 12.2. The molecule has 0 saturated carbocycles. The summed E-state index contributed by atoms with van der Waals surface area (Å²) in [6, 6.07) is 13.3. The van der Waals surface area contributed by atoms with Gasteiger partial charge in [0, 0.05) is 50.0 Å². The largest absolute Gasteiger partial charge is 0.369 e. The van der Waals surface area contributed by atoms with Crippen LogP contribution >= 0.6 is 0 Å². The molecule has 0 radical (unpaired) electrons. The van der Waals surface area contributed by atoms with Crippen LogP contribution in [0.5, 0.6) is 0 Å². The van der Waals surface area contributed by atoms with Crippen LogP contribution < -0.4 is 10.2 Å². The van der Waals surface area contributed by atoms with Gasteiger partial charge in [-0.25, -0.2) is 0 Å². The third-order valence-corrected chi connectivity index (χ3v) is 5.46. The van der Waals surface area contributed by atoms with E-state index in [4.69, 9.17) is 0 Å². The number of fused-ring (bicyclic) bond motifs is 2. The topological polar surface area (TPSA) is 18.5 Å². The third kappa shape index (κ3) is 2.33. The molecule has 0 aromatic heterocycles. The summed E-state index contributed by atoms with van der Waals surface area (Å²) in [7, 11) is 0. The Morgan fingerprint density at radius 1 is 0.850 bits per heavy atom. The predicted molar refractivity (Wildman–Crippen MR) is 83.2 cm³/mol. The van der Waals surface area contributed by atoms with Crippen molar-refractivity contribution < 1.29 is 0 Å². The lowest BCUT2D eigenvalue weighted by atomic mass is 9.97. The number of rotatable bonds is 2. The van der Waals surface area contributed by atoms with Crippen molar-refractivity contribution in [1.82, 2.24) is 10.2 Å². The molecule has 3 nitrogen and oxygen atoms in total. The van der Waals surface area contributed by atoms with Gasteiger partial charge in [0.15, 0.2) is 0 Å². The Morgan fingerprint density at radius 3 is 2.40 bits per heavy atom. The fourth-order valence-corrected chi connectivity index (χ4v) is 4.34. The lowest BCUT2D eigenvalue weighted by molar-refractivity contribution is 0.125. The number of hydrogen-bond donors (Lipinski definition) is 1. The van der Waals surface area contributed by atoms with Gasteiger partial charge in [0.05, 0.1) is 0 Å². The number of anilines is 1. The Kier molecular flexibility index (Phi) is 3.41. The highest BCUT2D eigenvalue weighted by atomic mass is 15.3. The minimum absolute atomic E-state index is 0.775. The van der Waals surface area contributed by atoms with Gasteiger partial charge in [-0.15, -0.1) is 0 Å². The van der Waals surface area contributed by atoms with Crippen LogP contribution in [0, 0.1) is 0 Å². The van der Waals surface area contributed by atoms with Crippen LogP contribution in [0.1, 0.15) is 25.7 Å². The summed E-state index contributed by atoms with van der Waals surface area (Å²) in [5.74, 6) is 0. The summed E-state index contributed by atoms with van der Waals surface area (Å²) in [5, 5.41) is 3.83. The van der Waals surface area contributed by atoms with E-state index in [1.54, 1.807) is 0 Å². The van der Waals surface area contributed by atoms with Crippen LogP contribution in [-0.4, -0.2) is 49.2 Å². The maximum atomic E-state index is 3.83. The second kappa shape index (κ2) is 5.38. The number of hydrogen-bond acceptors (Lipinski definition) is 3. The highest BCUT2D eigenvalue weighted by Crippen LogP contribution is 2.30. The number of nitrogens with one attached hydrogen (secondary N) is 1. The zero-order chi connectivity index (χ0) is 13.4. The molecule has 0 spiro atoms. The Balaban J connectivity index is 1.37. The average Bonchev–Trinajstić information content (AvgIpc) is 2.90. The molecule has 4 rings (SSSR count). The van der Waals surface area contributed by atoms with Crippen LogP contribution in [0.3, 0.4) is 0 Å². The van der Waals surface area contributed by atoms with Gasteiger partial charge in [-0.1, -0.05) is 18.2 Å². The molecule has 1 N–H and O–H groups in total. The van der Waals surface area contributed by atoms with Crippen LogP contribution in [0.25, 0.3) is 0 Å². The lowest BCUT2D eigenvalue weighted by Crippen LogP contribution is -2.58. The molecule has 20 heavy (non-hydrogen) atoms. The van der Waals surface area contributed by atoms with Crippen molar-refractivity contribution in [2.24, 2.45) is 0 Å². The number of piperidine rings is 1. The molecule has 1 aromatic carbocycles. The van der Waals surface area contributed by atoms with Crippen molar-refractivity contribution in [3.63, 3.8) is 0 Å². The minimum Gasteiger partial charge on any atom is -0.369 e. The minimum atomic E-state index is 0.775. The SMILES string of the molecule is c1ccc(N2CCN(C3CCC4CCC3N4)CC2)cc1. The van der Waals surface area contributed by atoms with E-state index in [1.807, 2.05) is 0 Å². The van der Waals surface area contributed by atoms with Gasteiger partial charge < -0.3 is 10.2 Å². The number of para-hydroxylation sites is 1. The average molecular weight is 271 g/mol. The smallest absolute Gasteiger partial charge is 0.0367 e. The molecule has 3 aliphatic rings. The van der Waals surface area contributed by atoms with Crippen molar-refractivity contribution in [1.29, 1.82) is 0 Å². The first-order valence-electron chi connectivity index (χ1n) is 8.20. The molecule has 3 heteroatoms. The van der Waals surface area contributed by atoms with Gasteiger partial charge in [0.1, 0.15) is 0 Å². The Bertz CT molecular complexity index is 439. The van der Waals surface area contributed by atoms with Gasteiger partial charge in [-0.3, -0.25) is 4.90 Å². The van der Waals surface area contributed by atoms with Crippen LogP contribution in [0.15, 0.2) is 30.3 Å².